The molecule has 0 unspecified atom stereocenters. The fourth-order valence-corrected chi connectivity index (χ4v) is 3.64. The summed E-state index contributed by atoms with van der Waals surface area (Å²) in [5, 5.41) is 14.6. The Balaban J connectivity index is 1.46. The van der Waals surface area contributed by atoms with E-state index in [1.807, 2.05) is 17.5 Å². The lowest BCUT2D eigenvalue weighted by molar-refractivity contribution is 0.626. The van der Waals surface area contributed by atoms with Crippen LogP contribution < -0.4 is 5.56 Å². The second kappa shape index (κ2) is 6.54. The quantitative estimate of drug-likeness (QED) is 0.471. The minimum atomic E-state index is -0.313. The highest BCUT2D eigenvalue weighted by molar-refractivity contribution is 7.13. The molecule has 0 aliphatic carbocycles. The first-order valence-corrected chi connectivity index (χ1v) is 9.35. The predicted molar refractivity (Wildman–Crippen MR) is 103 cm³/mol. The third kappa shape index (κ3) is 2.91. The highest BCUT2D eigenvalue weighted by Gasteiger charge is 2.11. The lowest BCUT2D eigenvalue weighted by atomic mass is 10.3. The van der Waals surface area contributed by atoms with Crippen LogP contribution in [0.2, 0.25) is 0 Å². The van der Waals surface area contributed by atoms with Crippen LogP contribution in [0.5, 0.6) is 0 Å². The molecule has 9 heteroatoms. The Labute approximate surface area is 161 Å². The smallest absolute Gasteiger partial charge is 0.276 e. The molecule has 0 atom stereocenters. The van der Waals surface area contributed by atoms with Crippen molar-refractivity contribution in [2.75, 3.05) is 0 Å². The molecule has 0 aliphatic rings. The molecule has 0 spiro atoms. The molecule has 0 bridgehead atoms. The van der Waals surface area contributed by atoms with Crippen LogP contribution in [0.1, 0.15) is 5.69 Å². The topological polar surface area (TPSA) is 70.0 Å². The van der Waals surface area contributed by atoms with E-state index in [4.69, 9.17) is 0 Å². The monoisotopic (exact) mass is 392 g/mol. The van der Waals surface area contributed by atoms with Crippen LogP contribution in [-0.2, 0) is 6.54 Å². The van der Waals surface area contributed by atoms with Gasteiger partial charge in [0.2, 0.25) is 0 Å². The second-order valence-electron chi connectivity index (χ2n) is 6.20. The van der Waals surface area contributed by atoms with Crippen LogP contribution in [0, 0.1) is 5.82 Å². The normalized spacial score (nSPS) is 11.3. The van der Waals surface area contributed by atoms with Crippen molar-refractivity contribution in [2.45, 2.75) is 6.54 Å². The second-order valence-corrected chi connectivity index (χ2v) is 7.15. The molecule has 7 nitrogen and oxygen atoms in total. The van der Waals surface area contributed by atoms with Crippen molar-refractivity contribution in [1.29, 1.82) is 0 Å². The summed E-state index contributed by atoms with van der Waals surface area (Å²) in [6, 6.07) is 11.7. The van der Waals surface area contributed by atoms with E-state index in [1.165, 1.54) is 12.1 Å². The first-order valence-electron chi connectivity index (χ1n) is 8.47. The number of hydrogen-bond acceptors (Lipinski definition) is 5. The van der Waals surface area contributed by atoms with Crippen molar-refractivity contribution in [3.8, 4) is 16.3 Å². The van der Waals surface area contributed by atoms with Gasteiger partial charge >= 0.3 is 0 Å². The summed E-state index contributed by atoms with van der Waals surface area (Å²) in [6.07, 6.45) is 5.15. The molecular formula is C19H13FN6OS. The van der Waals surface area contributed by atoms with E-state index >= 15 is 0 Å². The number of fused-ring (bicyclic) bond motifs is 1. The molecule has 0 aliphatic heterocycles. The first kappa shape index (κ1) is 16.6. The minimum absolute atomic E-state index is 0.158. The molecule has 0 N–H and O–H groups in total. The third-order valence-corrected chi connectivity index (χ3v) is 5.23. The summed E-state index contributed by atoms with van der Waals surface area (Å²) < 4.78 is 17.8. The number of thiophene rings is 1. The molecule has 0 saturated heterocycles. The van der Waals surface area contributed by atoms with E-state index < -0.39 is 0 Å². The van der Waals surface area contributed by atoms with Gasteiger partial charge in [-0.3, -0.25) is 4.79 Å². The minimum Gasteiger partial charge on any atom is -0.306 e. The van der Waals surface area contributed by atoms with Gasteiger partial charge in [-0.15, -0.1) is 16.4 Å². The molecule has 138 valence electrons. The average Bonchev–Trinajstić information content (AvgIpc) is 3.45. The Kier molecular flexibility index (Phi) is 3.87. The molecule has 1 aromatic carbocycles. The van der Waals surface area contributed by atoms with E-state index in [-0.39, 0.29) is 17.9 Å². The molecule has 0 radical (unpaired) electrons. The van der Waals surface area contributed by atoms with Gasteiger partial charge in [0.05, 0.1) is 23.3 Å². The summed E-state index contributed by atoms with van der Waals surface area (Å²) in [5.74, 6) is -0.313. The van der Waals surface area contributed by atoms with Crippen LogP contribution >= 0.6 is 11.3 Å². The zero-order valence-electron chi connectivity index (χ0n) is 14.4. The fourth-order valence-electron chi connectivity index (χ4n) is 2.96. The third-order valence-electron chi connectivity index (χ3n) is 4.34. The Bertz CT molecular complexity index is 1320. The summed E-state index contributed by atoms with van der Waals surface area (Å²) in [7, 11) is 0. The van der Waals surface area contributed by atoms with E-state index in [0.29, 0.717) is 16.9 Å². The lowest BCUT2D eigenvalue weighted by Crippen LogP contribution is -2.21. The number of hydrogen-bond donors (Lipinski definition) is 0. The first-order chi connectivity index (χ1) is 13.7. The van der Waals surface area contributed by atoms with Gasteiger partial charge in [-0.2, -0.15) is 5.10 Å². The Morgan fingerprint density at radius 2 is 1.96 bits per heavy atom. The van der Waals surface area contributed by atoms with E-state index in [2.05, 4.69) is 15.4 Å². The summed E-state index contributed by atoms with van der Waals surface area (Å²) in [4.78, 5) is 13.8. The van der Waals surface area contributed by atoms with E-state index in [9.17, 15) is 9.18 Å². The van der Waals surface area contributed by atoms with Crippen LogP contribution in [0.3, 0.4) is 0 Å². The summed E-state index contributed by atoms with van der Waals surface area (Å²) >= 11 is 1.58. The van der Waals surface area contributed by atoms with Crippen molar-refractivity contribution in [2.24, 2.45) is 0 Å². The maximum Gasteiger partial charge on any atom is 0.276 e. The van der Waals surface area contributed by atoms with Crippen LogP contribution in [0.15, 0.2) is 71.2 Å². The van der Waals surface area contributed by atoms with Crippen molar-refractivity contribution >= 4 is 16.9 Å². The van der Waals surface area contributed by atoms with Gasteiger partial charge in [-0.1, -0.05) is 11.3 Å². The van der Waals surface area contributed by atoms with Crippen molar-refractivity contribution in [3.05, 3.63) is 88.3 Å². The summed E-state index contributed by atoms with van der Waals surface area (Å²) in [5.41, 5.74) is 2.42. The molecule has 28 heavy (non-hydrogen) atoms. The Hall–Kier alpha value is -3.59. The molecule has 5 aromatic rings. The molecule has 5 rings (SSSR count). The summed E-state index contributed by atoms with van der Waals surface area (Å²) in [6.45, 7) is 0.274. The van der Waals surface area contributed by atoms with Gasteiger partial charge in [0.25, 0.3) is 5.56 Å². The zero-order chi connectivity index (χ0) is 19.1. The number of rotatable bonds is 4. The van der Waals surface area contributed by atoms with Crippen LogP contribution in [0.4, 0.5) is 4.39 Å². The van der Waals surface area contributed by atoms with Crippen molar-refractivity contribution in [1.82, 2.24) is 29.2 Å². The number of aromatic nitrogens is 6. The lowest BCUT2D eigenvalue weighted by Gasteiger charge is -2.03. The molecule has 0 saturated carbocycles. The molecule has 4 aromatic heterocycles. The Morgan fingerprint density at radius 3 is 2.75 bits per heavy atom. The largest absolute Gasteiger partial charge is 0.306 e. The maximum atomic E-state index is 13.1. The van der Waals surface area contributed by atoms with Gasteiger partial charge in [0.15, 0.2) is 0 Å². The van der Waals surface area contributed by atoms with E-state index in [1.54, 1.807) is 61.9 Å². The van der Waals surface area contributed by atoms with Crippen LogP contribution in [0.25, 0.3) is 21.8 Å². The van der Waals surface area contributed by atoms with Gasteiger partial charge in [0.1, 0.15) is 22.7 Å². The predicted octanol–water partition coefficient (Wildman–Crippen LogP) is 2.99. The number of benzene rings is 1. The van der Waals surface area contributed by atoms with Gasteiger partial charge in [-0.25, -0.2) is 13.6 Å². The SMILES string of the molecule is O=c1c2cc(-c3cccs3)nn2ccn1Cc1cn(-c2ccc(F)cc2)nn1. The standard InChI is InChI=1S/C19H13FN6OS/c20-13-3-5-15(6-4-13)26-12-14(21-23-26)11-24-7-8-25-17(19(24)27)10-16(22-25)18-2-1-9-28-18/h1-10,12H,11H2. The zero-order valence-corrected chi connectivity index (χ0v) is 15.3. The molecule has 4 heterocycles. The fraction of sp³-hybridized carbons (Fsp3) is 0.0526. The highest BCUT2D eigenvalue weighted by Crippen LogP contribution is 2.23. The van der Waals surface area contributed by atoms with Gasteiger partial charge < -0.3 is 4.57 Å². The van der Waals surface area contributed by atoms with Crippen molar-refractivity contribution < 1.29 is 4.39 Å². The number of halogens is 1. The molecule has 0 amide bonds. The van der Waals surface area contributed by atoms with Gasteiger partial charge in [0, 0.05) is 12.4 Å². The number of nitrogens with zero attached hydrogens (tertiary/aromatic N) is 6. The average molecular weight is 392 g/mol. The maximum absolute atomic E-state index is 13.1. The van der Waals surface area contributed by atoms with E-state index in [0.717, 1.165) is 10.6 Å². The van der Waals surface area contributed by atoms with Crippen LogP contribution in [-0.4, -0.2) is 29.2 Å². The molecular weight excluding hydrogens is 379 g/mol. The molecule has 0 fully saturated rings. The van der Waals surface area contributed by atoms with Gasteiger partial charge in [-0.05, 0) is 41.8 Å². The van der Waals surface area contributed by atoms with Crippen molar-refractivity contribution in [3.63, 3.8) is 0 Å². The Morgan fingerprint density at radius 1 is 1.11 bits per heavy atom. The highest BCUT2D eigenvalue weighted by atomic mass is 32.1.